The number of hydrogen-bond donors (Lipinski definition) is 0. The Morgan fingerprint density at radius 3 is 2.40 bits per heavy atom. The third kappa shape index (κ3) is 2.94. The molecule has 0 aliphatic carbocycles. The van der Waals surface area contributed by atoms with Crippen molar-refractivity contribution in [3.63, 3.8) is 0 Å². The van der Waals surface area contributed by atoms with Crippen molar-refractivity contribution in [2.24, 2.45) is 0 Å². The van der Waals surface area contributed by atoms with Crippen molar-refractivity contribution in [2.75, 3.05) is 0 Å². The summed E-state index contributed by atoms with van der Waals surface area (Å²) in [6, 6.07) is 2.23. The van der Waals surface area contributed by atoms with Gasteiger partial charge in [-0.3, -0.25) is 0 Å². The lowest BCUT2D eigenvalue weighted by Gasteiger charge is -2.21. The third-order valence-electron chi connectivity index (χ3n) is 1.29. The van der Waals surface area contributed by atoms with Crippen molar-refractivity contribution >= 4 is 27.5 Å². The molecule has 1 heterocycles. The molecule has 1 rings (SSSR count). The smallest absolute Gasteiger partial charge is 0.424 e. The molecule has 2 nitrogen and oxygen atoms in total. The standard InChI is InChI=1S/C7H3BrClF4NO/c8-6(10,11)7(12,13)15-4-2-1-3-14-5(4)9/h1-3H. The van der Waals surface area contributed by atoms with Gasteiger partial charge in [-0.15, -0.1) is 0 Å². The average molecular weight is 308 g/mol. The van der Waals surface area contributed by atoms with Crippen molar-refractivity contribution in [3.05, 3.63) is 23.5 Å². The maximum Gasteiger partial charge on any atom is 0.475 e. The van der Waals surface area contributed by atoms with Gasteiger partial charge in [-0.2, -0.15) is 17.6 Å². The van der Waals surface area contributed by atoms with Gasteiger partial charge in [0.2, 0.25) is 0 Å². The van der Waals surface area contributed by atoms with Gasteiger partial charge in [-0.25, -0.2) is 4.98 Å². The highest BCUT2D eigenvalue weighted by Gasteiger charge is 2.58. The first-order valence-corrected chi connectivity index (χ1v) is 4.65. The van der Waals surface area contributed by atoms with Crippen molar-refractivity contribution in [1.29, 1.82) is 0 Å². The molecule has 0 unspecified atom stereocenters. The number of rotatable bonds is 3. The summed E-state index contributed by atoms with van der Waals surface area (Å²) in [5.74, 6) is -0.622. The minimum Gasteiger partial charge on any atom is -0.424 e. The van der Waals surface area contributed by atoms with E-state index in [4.69, 9.17) is 11.6 Å². The Morgan fingerprint density at radius 1 is 1.33 bits per heavy atom. The minimum absolute atomic E-state index is 0.422. The number of hydrogen-bond acceptors (Lipinski definition) is 2. The number of nitrogens with zero attached hydrogens (tertiary/aromatic N) is 1. The van der Waals surface area contributed by atoms with Gasteiger partial charge >= 0.3 is 10.9 Å². The van der Waals surface area contributed by atoms with Crippen LogP contribution in [-0.2, 0) is 0 Å². The van der Waals surface area contributed by atoms with Gasteiger partial charge in [0.15, 0.2) is 10.9 Å². The highest BCUT2D eigenvalue weighted by molar-refractivity contribution is 9.10. The molecule has 0 N–H and O–H groups in total. The predicted octanol–water partition coefficient (Wildman–Crippen LogP) is 3.69. The maximum atomic E-state index is 12.7. The lowest BCUT2D eigenvalue weighted by molar-refractivity contribution is -0.266. The van der Waals surface area contributed by atoms with E-state index < -0.39 is 21.8 Å². The molecular formula is C7H3BrClF4NO. The zero-order valence-corrected chi connectivity index (χ0v) is 9.20. The Labute approximate surface area is 95.3 Å². The highest BCUT2D eigenvalue weighted by atomic mass is 79.9. The van der Waals surface area contributed by atoms with Gasteiger partial charge in [0.05, 0.1) is 0 Å². The lowest BCUT2D eigenvalue weighted by atomic mass is 10.4. The molecule has 0 aromatic carbocycles. The Bertz CT molecular complexity index is 357. The minimum atomic E-state index is -4.71. The average Bonchev–Trinajstić information content (AvgIpc) is 2.06. The number of alkyl halides is 5. The van der Waals surface area contributed by atoms with Gasteiger partial charge < -0.3 is 4.74 Å². The van der Waals surface area contributed by atoms with Crippen LogP contribution >= 0.6 is 27.5 Å². The molecule has 1 aromatic heterocycles. The first-order valence-electron chi connectivity index (χ1n) is 3.48. The first kappa shape index (κ1) is 12.5. The summed E-state index contributed by atoms with van der Waals surface area (Å²) < 4.78 is 53.7. The molecule has 1 aromatic rings. The van der Waals surface area contributed by atoms with Crippen molar-refractivity contribution in [1.82, 2.24) is 4.98 Å². The van der Waals surface area contributed by atoms with Crippen LogP contribution in [0.1, 0.15) is 0 Å². The Kier molecular flexibility index (Phi) is 3.44. The van der Waals surface area contributed by atoms with Gasteiger partial charge in [0.1, 0.15) is 0 Å². The normalized spacial score (nSPS) is 12.7. The monoisotopic (exact) mass is 307 g/mol. The van der Waals surface area contributed by atoms with Crippen LogP contribution in [0.2, 0.25) is 5.15 Å². The van der Waals surface area contributed by atoms with E-state index in [1.807, 2.05) is 0 Å². The molecule has 0 saturated carbocycles. The van der Waals surface area contributed by atoms with E-state index in [0.717, 1.165) is 6.07 Å². The fourth-order valence-corrected chi connectivity index (χ4v) is 0.882. The second kappa shape index (κ2) is 4.13. The van der Waals surface area contributed by atoms with E-state index in [1.165, 1.54) is 28.2 Å². The number of halogens is 6. The Morgan fingerprint density at radius 2 is 1.93 bits per heavy atom. The number of pyridine rings is 1. The molecule has 0 radical (unpaired) electrons. The topological polar surface area (TPSA) is 22.1 Å². The second-order valence-electron chi connectivity index (χ2n) is 2.41. The highest BCUT2D eigenvalue weighted by Crippen LogP contribution is 2.41. The molecule has 0 aliphatic heterocycles. The van der Waals surface area contributed by atoms with Gasteiger partial charge in [-0.05, 0) is 12.1 Å². The van der Waals surface area contributed by atoms with Crippen molar-refractivity contribution < 1.29 is 22.3 Å². The fraction of sp³-hybridized carbons (Fsp3) is 0.286. The van der Waals surface area contributed by atoms with Gasteiger partial charge in [0.25, 0.3) is 0 Å². The van der Waals surface area contributed by atoms with E-state index in [0.29, 0.717) is 0 Å². The fourth-order valence-electron chi connectivity index (χ4n) is 0.643. The Hall–Kier alpha value is -0.560. The summed E-state index contributed by atoms with van der Waals surface area (Å²) in [6.45, 7) is 0. The summed E-state index contributed by atoms with van der Waals surface area (Å²) in [5, 5.41) is -0.422. The molecular weight excluding hydrogens is 305 g/mol. The van der Waals surface area contributed by atoms with E-state index >= 15 is 0 Å². The molecule has 8 heteroatoms. The largest absolute Gasteiger partial charge is 0.475 e. The van der Waals surface area contributed by atoms with Gasteiger partial charge in [0, 0.05) is 22.1 Å². The molecule has 0 spiro atoms. The van der Waals surface area contributed by atoms with Crippen LogP contribution in [-0.4, -0.2) is 15.9 Å². The molecule has 84 valence electrons. The molecule has 0 aliphatic rings. The Balaban J connectivity index is 2.92. The quantitative estimate of drug-likeness (QED) is 0.482. The van der Waals surface area contributed by atoms with Crippen LogP contribution in [0.3, 0.4) is 0 Å². The van der Waals surface area contributed by atoms with Crippen LogP contribution in [0, 0.1) is 0 Å². The van der Waals surface area contributed by atoms with E-state index in [-0.39, 0.29) is 0 Å². The predicted molar refractivity (Wildman–Crippen MR) is 48.7 cm³/mol. The molecule has 0 bridgehead atoms. The van der Waals surface area contributed by atoms with E-state index in [1.54, 1.807) is 0 Å². The van der Waals surface area contributed by atoms with Crippen LogP contribution < -0.4 is 4.74 Å². The number of aromatic nitrogens is 1. The summed E-state index contributed by atoms with van der Waals surface area (Å²) in [5.41, 5.74) is 0. The molecule has 15 heavy (non-hydrogen) atoms. The SMILES string of the molecule is FC(F)(Br)C(F)(F)Oc1cccnc1Cl. The lowest BCUT2D eigenvalue weighted by Crippen LogP contribution is -2.40. The van der Waals surface area contributed by atoms with Crippen molar-refractivity contribution in [3.8, 4) is 5.75 Å². The zero-order valence-electron chi connectivity index (χ0n) is 6.86. The number of ether oxygens (including phenoxy) is 1. The molecule has 0 atom stereocenters. The van der Waals surface area contributed by atoms with Crippen LogP contribution in [0.25, 0.3) is 0 Å². The summed E-state index contributed by atoms with van der Waals surface area (Å²) >= 11 is 6.86. The van der Waals surface area contributed by atoms with Crippen LogP contribution in [0.5, 0.6) is 5.75 Å². The summed E-state index contributed by atoms with van der Waals surface area (Å²) in [7, 11) is 0. The zero-order chi connectivity index (χ0) is 11.7. The summed E-state index contributed by atoms with van der Waals surface area (Å²) in [4.78, 5) is -1.09. The van der Waals surface area contributed by atoms with Crippen LogP contribution in [0.15, 0.2) is 18.3 Å². The molecule has 0 fully saturated rings. The molecule has 0 saturated heterocycles. The van der Waals surface area contributed by atoms with Crippen molar-refractivity contribution in [2.45, 2.75) is 10.9 Å². The second-order valence-corrected chi connectivity index (χ2v) is 3.76. The summed E-state index contributed by atoms with van der Waals surface area (Å²) in [6.07, 6.45) is -3.50. The van der Waals surface area contributed by atoms with Gasteiger partial charge in [-0.1, -0.05) is 11.6 Å². The van der Waals surface area contributed by atoms with Crippen LogP contribution in [0.4, 0.5) is 17.6 Å². The first-order chi connectivity index (χ1) is 6.74. The molecule has 0 amide bonds. The van der Waals surface area contributed by atoms with E-state index in [2.05, 4.69) is 9.72 Å². The van der Waals surface area contributed by atoms with E-state index in [9.17, 15) is 17.6 Å². The third-order valence-corrected chi connectivity index (χ3v) is 2.04. The maximum absolute atomic E-state index is 12.7.